The van der Waals surface area contributed by atoms with Crippen molar-refractivity contribution in [2.24, 2.45) is 0 Å². The summed E-state index contributed by atoms with van der Waals surface area (Å²) in [5.74, 6) is 0. The summed E-state index contributed by atoms with van der Waals surface area (Å²) >= 11 is 0. The molecule has 0 atom stereocenters. The van der Waals surface area contributed by atoms with Crippen LogP contribution in [0.1, 0.15) is 103 Å². The summed E-state index contributed by atoms with van der Waals surface area (Å²) < 4.78 is 29.2. The Balaban J connectivity index is 0. The minimum atomic E-state index is -4.00. The first-order chi connectivity index (χ1) is 13.0. The van der Waals surface area contributed by atoms with Crippen LogP contribution in [0.15, 0.2) is 35.2 Å². The molecule has 0 radical (unpaired) electrons. The fourth-order valence-corrected chi connectivity index (χ4v) is 3.46. The van der Waals surface area contributed by atoms with E-state index in [0.29, 0.717) is 0 Å². The third-order valence-electron chi connectivity index (χ3n) is 4.64. The molecule has 0 saturated carbocycles. The van der Waals surface area contributed by atoms with Gasteiger partial charge in [0.25, 0.3) is 10.1 Å². The van der Waals surface area contributed by atoms with E-state index < -0.39 is 10.1 Å². The number of hydrogen-bond acceptors (Lipinski definition) is 2. The summed E-state index contributed by atoms with van der Waals surface area (Å²) in [4.78, 5) is -0.0741. The first kappa shape index (κ1) is 30.3. The van der Waals surface area contributed by atoms with E-state index in [1.165, 1.54) is 102 Å². The van der Waals surface area contributed by atoms with Crippen LogP contribution in [0.25, 0.3) is 0 Å². The van der Waals surface area contributed by atoms with Crippen molar-refractivity contribution in [3.05, 3.63) is 37.3 Å². The molecule has 0 fully saturated rings. The molecule has 1 N–H and O–H groups in total. The summed E-state index contributed by atoms with van der Waals surface area (Å²) in [7, 11) is -4.00. The molecular weight excluding hydrogens is 379 g/mol. The van der Waals surface area contributed by atoms with E-state index in [4.69, 9.17) is 4.55 Å². The van der Waals surface area contributed by atoms with Gasteiger partial charge in [0.05, 0.1) is 4.90 Å². The molecule has 0 unspecified atom stereocenters. The fraction of sp³-hybridized carbons (Fsp3) is 0.696. The van der Waals surface area contributed by atoms with Gasteiger partial charge in [0.1, 0.15) is 0 Å². The van der Waals surface area contributed by atoms with Crippen LogP contribution < -0.4 is 29.6 Å². The Morgan fingerprint density at radius 1 is 0.714 bits per heavy atom. The van der Waals surface area contributed by atoms with Crippen LogP contribution in [0, 0.1) is 6.92 Å². The Morgan fingerprint density at radius 2 is 1.07 bits per heavy atom. The van der Waals surface area contributed by atoms with Gasteiger partial charge in [0, 0.05) is 0 Å². The molecule has 3 nitrogen and oxygen atoms in total. The minimum Gasteiger partial charge on any atom is -0.343 e. The van der Waals surface area contributed by atoms with Gasteiger partial charge in [-0.1, -0.05) is 115 Å². The fourth-order valence-electron chi connectivity index (χ4n) is 2.96. The van der Waals surface area contributed by atoms with Crippen LogP contribution in [-0.2, 0) is 10.1 Å². The summed E-state index contributed by atoms with van der Waals surface area (Å²) in [5, 5.41) is 0. The second kappa shape index (κ2) is 21.8. The van der Waals surface area contributed by atoms with E-state index in [1.54, 1.807) is 18.2 Å². The Hall–Kier alpha value is 0.130. The molecule has 1 rings (SSSR count). The number of rotatable bonds is 15. The van der Waals surface area contributed by atoms with E-state index >= 15 is 0 Å². The molecule has 0 saturated heterocycles. The normalized spacial score (nSPS) is 10.7. The van der Waals surface area contributed by atoms with Gasteiger partial charge < -0.3 is 6.92 Å². The standard InChI is InChI=1S/C17H35.C6H6O3S.Na/c1-3-5-7-9-11-13-15-17-16-14-12-10-8-6-4-2;7-10(8,9)6-4-2-1-3-5-6;/h1,3-17H2,2H3;1-5H,(H,7,8,9);/q-1;;+1. The maximum Gasteiger partial charge on any atom is 1.00 e. The summed E-state index contributed by atoms with van der Waals surface area (Å²) in [6.07, 6.45) is 21.3. The van der Waals surface area contributed by atoms with Gasteiger partial charge in [-0.05, 0) is 12.1 Å². The zero-order valence-corrected chi connectivity index (χ0v) is 21.2. The minimum absolute atomic E-state index is 0. The van der Waals surface area contributed by atoms with Crippen LogP contribution in [0.3, 0.4) is 0 Å². The van der Waals surface area contributed by atoms with Gasteiger partial charge in [-0.2, -0.15) is 14.8 Å². The molecule has 5 heteroatoms. The van der Waals surface area contributed by atoms with Gasteiger partial charge in [-0.3, -0.25) is 4.55 Å². The van der Waals surface area contributed by atoms with E-state index in [1.807, 2.05) is 0 Å². The predicted octanol–water partition coefficient (Wildman–Crippen LogP) is 4.63. The molecule has 0 aromatic heterocycles. The summed E-state index contributed by atoms with van der Waals surface area (Å²) in [6.45, 7) is 6.17. The van der Waals surface area contributed by atoms with Crippen molar-refractivity contribution < 1.29 is 42.5 Å². The van der Waals surface area contributed by atoms with E-state index in [-0.39, 0.29) is 34.5 Å². The van der Waals surface area contributed by atoms with Crippen molar-refractivity contribution in [1.82, 2.24) is 0 Å². The maximum atomic E-state index is 10.4. The SMILES string of the molecule is O=S(=O)(O)c1ccccc1.[CH2-]CCCCCCCCCCCCCCCC.[Na+]. The van der Waals surface area contributed by atoms with E-state index in [0.717, 1.165) is 6.42 Å². The predicted molar refractivity (Wildman–Crippen MR) is 117 cm³/mol. The van der Waals surface area contributed by atoms with Crippen molar-refractivity contribution in [1.29, 1.82) is 0 Å². The quantitative estimate of drug-likeness (QED) is 0.195. The summed E-state index contributed by atoms with van der Waals surface area (Å²) in [5.41, 5.74) is 0. The number of unbranched alkanes of at least 4 members (excludes halogenated alkanes) is 14. The van der Waals surface area contributed by atoms with Crippen LogP contribution in [0.4, 0.5) is 0 Å². The van der Waals surface area contributed by atoms with Gasteiger partial charge in [-0.15, -0.1) is 0 Å². The third-order valence-corrected chi connectivity index (χ3v) is 5.51. The van der Waals surface area contributed by atoms with Crippen LogP contribution in [0.5, 0.6) is 0 Å². The molecule has 158 valence electrons. The number of benzene rings is 1. The first-order valence-electron chi connectivity index (χ1n) is 10.8. The Kier molecular flexibility index (Phi) is 23.6. The average Bonchev–Trinajstić information content (AvgIpc) is 2.66. The molecule has 28 heavy (non-hydrogen) atoms. The van der Waals surface area contributed by atoms with Gasteiger partial charge in [0.2, 0.25) is 0 Å². The second-order valence-corrected chi connectivity index (χ2v) is 8.66. The second-order valence-electron chi connectivity index (χ2n) is 7.24. The molecule has 0 heterocycles. The topological polar surface area (TPSA) is 54.4 Å². The molecule has 0 bridgehead atoms. The molecule has 0 aliphatic carbocycles. The maximum absolute atomic E-state index is 10.4. The Bertz CT molecular complexity index is 504. The van der Waals surface area contributed by atoms with Gasteiger partial charge in [0.15, 0.2) is 0 Å². The Morgan fingerprint density at radius 3 is 1.36 bits per heavy atom. The van der Waals surface area contributed by atoms with Crippen LogP contribution in [-0.4, -0.2) is 13.0 Å². The Labute approximate surface area is 197 Å². The van der Waals surface area contributed by atoms with Crippen molar-refractivity contribution >= 4 is 10.1 Å². The molecule has 1 aromatic carbocycles. The van der Waals surface area contributed by atoms with Crippen molar-refractivity contribution in [3.8, 4) is 0 Å². The molecule has 0 aliphatic heterocycles. The largest absolute Gasteiger partial charge is 1.00 e. The smallest absolute Gasteiger partial charge is 0.343 e. The average molecular weight is 421 g/mol. The molecule has 0 aliphatic rings. The summed E-state index contributed by atoms with van der Waals surface area (Å²) in [6, 6.07) is 7.42. The van der Waals surface area contributed by atoms with Crippen LogP contribution in [0.2, 0.25) is 0 Å². The van der Waals surface area contributed by atoms with E-state index in [9.17, 15) is 8.42 Å². The zero-order chi connectivity index (χ0) is 20.2. The monoisotopic (exact) mass is 420 g/mol. The van der Waals surface area contributed by atoms with Crippen LogP contribution >= 0.6 is 0 Å². The molecular formula is C23H41NaO3S. The van der Waals surface area contributed by atoms with E-state index in [2.05, 4.69) is 13.8 Å². The van der Waals surface area contributed by atoms with Gasteiger partial charge in [-0.25, -0.2) is 0 Å². The third kappa shape index (κ3) is 20.9. The molecule has 1 aromatic rings. The van der Waals surface area contributed by atoms with Crippen molar-refractivity contribution in [2.45, 2.75) is 108 Å². The van der Waals surface area contributed by atoms with Crippen molar-refractivity contribution in [3.63, 3.8) is 0 Å². The zero-order valence-electron chi connectivity index (χ0n) is 18.4. The molecule has 0 spiro atoms. The molecule has 0 amide bonds. The first-order valence-corrected chi connectivity index (χ1v) is 12.3. The number of hydrogen-bond donors (Lipinski definition) is 1. The van der Waals surface area contributed by atoms with Crippen molar-refractivity contribution in [2.75, 3.05) is 0 Å². The van der Waals surface area contributed by atoms with Gasteiger partial charge >= 0.3 is 29.6 Å².